The summed E-state index contributed by atoms with van der Waals surface area (Å²) < 4.78 is 39.6. The largest absolute Gasteiger partial charge is 0.271 e. The Bertz CT molecular complexity index is 426. The van der Waals surface area contributed by atoms with Crippen LogP contribution in [0.1, 0.15) is 31.4 Å². The van der Waals surface area contributed by atoms with E-state index >= 15 is 0 Å². The summed E-state index contributed by atoms with van der Waals surface area (Å²) in [5, 5.41) is 0. The summed E-state index contributed by atoms with van der Waals surface area (Å²) in [5.41, 5.74) is 2.05. The third-order valence-electron chi connectivity index (χ3n) is 2.33. The quantitative estimate of drug-likeness (QED) is 0.483. The van der Waals surface area contributed by atoms with E-state index in [0.717, 1.165) is 0 Å². The summed E-state index contributed by atoms with van der Waals surface area (Å²) >= 11 is 0. The summed E-state index contributed by atoms with van der Waals surface area (Å²) in [7, 11) is 0. The summed E-state index contributed by atoms with van der Waals surface area (Å²) in [5.74, 6) is 7.83. The minimum Gasteiger partial charge on any atom is -0.271 e. The van der Waals surface area contributed by atoms with Crippen LogP contribution in [0.2, 0.25) is 0 Å². The number of hydrogen-bond acceptors (Lipinski definition) is 2. The maximum Gasteiger partial charge on any atom is 0.133 e. The molecule has 0 fully saturated rings. The maximum absolute atomic E-state index is 13.4. The Balaban J connectivity index is 2.97. The summed E-state index contributed by atoms with van der Waals surface area (Å²) in [4.78, 5) is 0. The lowest BCUT2D eigenvalue weighted by Crippen LogP contribution is -2.29. The molecule has 92 valence electrons. The molecule has 0 saturated heterocycles. The first-order chi connectivity index (χ1) is 8.10. The Labute approximate surface area is 98.0 Å². The zero-order valence-electron chi connectivity index (χ0n) is 9.36. The Morgan fingerprint density at radius 3 is 2.35 bits per heavy atom. The van der Waals surface area contributed by atoms with Gasteiger partial charge in [-0.2, -0.15) is 0 Å². The van der Waals surface area contributed by atoms with E-state index in [2.05, 4.69) is 17.3 Å². The fourth-order valence-electron chi connectivity index (χ4n) is 1.54. The van der Waals surface area contributed by atoms with Crippen molar-refractivity contribution in [2.24, 2.45) is 5.84 Å². The molecule has 0 aliphatic rings. The molecule has 17 heavy (non-hydrogen) atoms. The SMILES string of the molecule is CC#CCCC(NN)c1c(F)cc(F)cc1F. The molecule has 5 heteroatoms. The molecule has 0 saturated carbocycles. The van der Waals surface area contributed by atoms with Crippen molar-refractivity contribution in [1.29, 1.82) is 0 Å². The lowest BCUT2D eigenvalue weighted by molar-refractivity contribution is 0.449. The van der Waals surface area contributed by atoms with E-state index in [4.69, 9.17) is 5.84 Å². The first-order valence-electron chi connectivity index (χ1n) is 5.10. The molecule has 0 radical (unpaired) electrons. The number of halogens is 3. The molecule has 1 atom stereocenters. The predicted molar refractivity (Wildman–Crippen MR) is 59.1 cm³/mol. The maximum atomic E-state index is 13.4. The average molecular weight is 242 g/mol. The lowest BCUT2D eigenvalue weighted by Gasteiger charge is -2.16. The lowest BCUT2D eigenvalue weighted by atomic mass is 10.0. The second kappa shape index (κ2) is 6.28. The van der Waals surface area contributed by atoms with Crippen LogP contribution >= 0.6 is 0 Å². The molecule has 0 bridgehead atoms. The molecule has 0 heterocycles. The van der Waals surface area contributed by atoms with Gasteiger partial charge in [0.15, 0.2) is 0 Å². The van der Waals surface area contributed by atoms with Crippen molar-refractivity contribution in [3.8, 4) is 11.8 Å². The second-order valence-corrected chi connectivity index (χ2v) is 3.47. The van der Waals surface area contributed by atoms with E-state index in [-0.39, 0.29) is 5.56 Å². The van der Waals surface area contributed by atoms with Gasteiger partial charge in [0.1, 0.15) is 17.5 Å². The molecule has 0 aliphatic carbocycles. The Kier molecular flexibility index (Phi) is 5.01. The molecule has 0 aliphatic heterocycles. The van der Waals surface area contributed by atoms with Crippen LogP contribution in [0.25, 0.3) is 0 Å². The van der Waals surface area contributed by atoms with Gasteiger partial charge < -0.3 is 0 Å². The Morgan fingerprint density at radius 1 is 1.29 bits per heavy atom. The Hall–Kier alpha value is -1.51. The molecule has 1 rings (SSSR count). The summed E-state index contributed by atoms with van der Waals surface area (Å²) in [6, 6.07) is 0.541. The van der Waals surface area contributed by atoms with Gasteiger partial charge in [0.2, 0.25) is 0 Å². The zero-order valence-corrected chi connectivity index (χ0v) is 9.36. The van der Waals surface area contributed by atoms with Crippen LogP contribution in [0, 0.1) is 29.3 Å². The molecular formula is C12H13F3N2. The molecular weight excluding hydrogens is 229 g/mol. The number of hydrazine groups is 1. The number of rotatable bonds is 4. The first-order valence-corrected chi connectivity index (χ1v) is 5.10. The number of benzene rings is 1. The number of hydrogen-bond donors (Lipinski definition) is 2. The zero-order chi connectivity index (χ0) is 12.8. The molecule has 3 N–H and O–H groups in total. The third kappa shape index (κ3) is 3.48. The number of nitrogens with two attached hydrogens (primary N) is 1. The van der Waals surface area contributed by atoms with E-state index < -0.39 is 23.5 Å². The highest BCUT2D eigenvalue weighted by molar-refractivity contribution is 5.24. The summed E-state index contributed by atoms with van der Waals surface area (Å²) in [6.45, 7) is 1.67. The van der Waals surface area contributed by atoms with Gasteiger partial charge in [-0.3, -0.25) is 11.3 Å². The van der Waals surface area contributed by atoms with Crippen molar-refractivity contribution in [1.82, 2.24) is 5.43 Å². The molecule has 1 aromatic carbocycles. The van der Waals surface area contributed by atoms with Crippen LogP contribution in [0.5, 0.6) is 0 Å². The van der Waals surface area contributed by atoms with Gasteiger partial charge in [-0.15, -0.1) is 11.8 Å². The van der Waals surface area contributed by atoms with Crippen LogP contribution in [-0.4, -0.2) is 0 Å². The van der Waals surface area contributed by atoms with E-state index in [1.807, 2.05) is 0 Å². The monoisotopic (exact) mass is 242 g/mol. The van der Waals surface area contributed by atoms with Gasteiger partial charge in [0.05, 0.1) is 6.04 Å². The highest BCUT2D eigenvalue weighted by atomic mass is 19.1. The molecule has 0 spiro atoms. The van der Waals surface area contributed by atoms with Gasteiger partial charge in [-0.1, -0.05) is 0 Å². The predicted octanol–water partition coefficient (Wildman–Crippen LogP) is 2.41. The van der Waals surface area contributed by atoms with Gasteiger partial charge in [-0.25, -0.2) is 13.2 Å². The average Bonchev–Trinajstić information content (AvgIpc) is 2.25. The minimum atomic E-state index is -0.951. The van der Waals surface area contributed by atoms with Crippen LogP contribution in [0.3, 0.4) is 0 Å². The van der Waals surface area contributed by atoms with Crippen molar-refractivity contribution >= 4 is 0 Å². The van der Waals surface area contributed by atoms with Crippen molar-refractivity contribution in [2.75, 3.05) is 0 Å². The van der Waals surface area contributed by atoms with Crippen molar-refractivity contribution < 1.29 is 13.2 Å². The van der Waals surface area contributed by atoms with Crippen molar-refractivity contribution in [2.45, 2.75) is 25.8 Å². The van der Waals surface area contributed by atoms with Gasteiger partial charge in [-0.05, 0) is 13.3 Å². The molecule has 2 nitrogen and oxygen atoms in total. The number of nitrogens with one attached hydrogen (secondary N) is 1. The van der Waals surface area contributed by atoms with Crippen LogP contribution in [0.4, 0.5) is 13.2 Å². The van der Waals surface area contributed by atoms with Gasteiger partial charge in [0, 0.05) is 24.1 Å². The van der Waals surface area contributed by atoms with Crippen molar-refractivity contribution in [3.05, 3.63) is 35.1 Å². The van der Waals surface area contributed by atoms with Crippen LogP contribution in [0.15, 0.2) is 12.1 Å². The van der Waals surface area contributed by atoms with Gasteiger partial charge in [0.25, 0.3) is 0 Å². The molecule has 1 aromatic rings. The molecule has 0 amide bonds. The Morgan fingerprint density at radius 2 is 1.88 bits per heavy atom. The fourth-order valence-corrected chi connectivity index (χ4v) is 1.54. The van der Waals surface area contributed by atoms with Crippen LogP contribution < -0.4 is 11.3 Å². The third-order valence-corrected chi connectivity index (χ3v) is 2.33. The first kappa shape index (κ1) is 13.6. The van der Waals surface area contributed by atoms with E-state index in [1.54, 1.807) is 6.92 Å². The molecule has 1 unspecified atom stereocenters. The normalized spacial score (nSPS) is 11.8. The van der Waals surface area contributed by atoms with E-state index in [0.29, 0.717) is 25.0 Å². The minimum absolute atomic E-state index is 0.258. The smallest absolute Gasteiger partial charge is 0.133 e. The van der Waals surface area contributed by atoms with Crippen LogP contribution in [-0.2, 0) is 0 Å². The van der Waals surface area contributed by atoms with E-state index in [9.17, 15) is 13.2 Å². The highest BCUT2D eigenvalue weighted by Crippen LogP contribution is 2.24. The second-order valence-electron chi connectivity index (χ2n) is 3.47. The highest BCUT2D eigenvalue weighted by Gasteiger charge is 2.19. The van der Waals surface area contributed by atoms with Crippen molar-refractivity contribution in [3.63, 3.8) is 0 Å². The van der Waals surface area contributed by atoms with E-state index in [1.165, 1.54) is 0 Å². The summed E-state index contributed by atoms with van der Waals surface area (Å²) in [6.07, 6.45) is 0.790. The van der Waals surface area contributed by atoms with Gasteiger partial charge >= 0.3 is 0 Å². The molecule has 0 aromatic heterocycles. The topological polar surface area (TPSA) is 38.0 Å². The standard InChI is InChI=1S/C12H13F3N2/c1-2-3-4-5-11(17-16)12-9(14)6-8(13)7-10(12)15/h6-7,11,17H,4-5,16H2,1H3. The fraction of sp³-hybridized carbons (Fsp3) is 0.333.